The van der Waals surface area contributed by atoms with Crippen molar-refractivity contribution in [3.05, 3.63) is 39.7 Å². The number of carbonyl (C=O) groups is 2. The topological polar surface area (TPSA) is 55.4 Å². The van der Waals surface area contributed by atoms with E-state index >= 15 is 0 Å². The number of alkyl halides is 1. The number of methoxy groups -OCH3 is 1. The van der Waals surface area contributed by atoms with Crippen LogP contribution in [-0.4, -0.2) is 24.3 Å². The molecule has 7 heteroatoms. The van der Waals surface area contributed by atoms with Crippen LogP contribution in [0, 0.1) is 0 Å². The molecule has 1 aromatic heterocycles. The molecule has 110 valence electrons. The summed E-state index contributed by atoms with van der Waals surface area (Å²) in [5, 5.41) is 3.33. The summed E-state index contributed by atoms with van der Waals surface area (Å²) in [6, 6.07) is 9.47. The summed E-state index contributed by atoms with van der Waals surface area (Å²) in [4.78, 5) is 23.7. The van der Waals surface area contributed by atoms with Gasteiger partial charge in [0.1, 0.15) is 10.6 Å². The van der Waals surface area contributed by atoms with E-state index in [1.165, 1.54) is 18.4 Å². The van der Waals surface area contributed by atoms with Crippen LogP contribution in [0.1, 0.15) is 10.4 Å². The number of halogens is 2. The van der Waals surface area contributed by atoms with Crippen molar-refractivity contribution in [2.45, 2.75) is 0 Å². The minimum atomic E-state index is -0.485. The molecule has 0 bridgehead atoms. The summed E-state index contributed by atoms with van der Waals surface area (Å²) < 4.78 is 5.61. The van der Waals surface area contributed by atoms with Crippen molar-refractivity contribution in [2.75, 3.05) is 17.8 Å². The number of benzene rings is 1. The molecule has 1 N–H and O–H groups in total. The number of carbonyl (C=O) groups excluding carboxylic acids is 2. The number of anilines is 1. The van der Waals surface area contributed by atoms with E-state index in [0.717, 1.165) is 14.9 Å². The van der Waals surface area contributed by atoms with E-state index in [4.69, 9.17) is 4.74 Å². The van der Waals surface area contributed by atoms with Gasteiger partial charge in [-0.1, -0.05) is 46.3 Å². The highest BCUT2D eigenvalue weighted by Crippen LogP contribution is 2.43. The molecule has 2 aromatic rings. The van der Waals surface area contributed by atoms with Crippen LogP contribution in [-0.2, 0) is 9.53 Å². The van der Waals surface area contributed by atoms with E-state index in [-0.39, 0.29) is 11.2 Å². The van der Waals surface area contributed by atoms with Crippen molar-refractivity contribution in [1.82, 2.24) is 0 Å². The molecule has 0 saturated heterocycles. The molecular weight excluding hydrogens is 422 g/mol. The molecule has 0 saturated carbocycles. The Morgan fingerprint density at radius 2 is 1.95 bits per heavy atom. The second-order valence-electron chi connectivity index (χ2n) is 3.99. The highest BCUT2D eigenvalue weighted by Gasteiger charge is 2.25. The molecule has 0 spiro atoms. The van der Waals surface area contributed by atoms with Gasteiger partial charge in [0, 0.05) is 5.56 Å². The zero-order valence-corrected chi connectivity index (χ0v) is 15.0. The van der Waals surface area contributed by atoms with Crippen LogP contribution < -0.4 is 5.32 Å². The third kappa shape index (κ3) is 3.53. The van der Waals surface area contributed by atoms with E-state index in [1.54, 1.807) is 0 Å². The van der Waals surface area contributed by atoms with E-state index in [0.29, 0.717) is 10.6 Å². The van der Waals surface area contributed by atoms with Gasteiger partial charge in [-0.2, -0.15) is 0 Å². The van der Waals surface area contributed by atoms with Gasteiger partial charge in [-0.05, 0) is 21.5 Å². The highest BCUT2D eigenvalue weighted by atomic mass is 79.9. The number of rotatable bonds is 4. The Balaban J connectivity index is 2.59. The number of esters is 1. The van der Waals surface area contributed by atoms with E-state index < -0.39 is 5.97 Å². The fourth-order valence-electron chi connectivity index (χ4n) is 1.81. The Kier molecular flexibility index (Phi) is 5.55. The number of hydrogen-bond acceptors (Lipinski definition) is 4. The monoisotopic (exact) mass is 431 g/mol. The minimum absolute atomic E-state index is 0.157. The SMILES string of the molecule is COC(=O)c1c(NC(=O)CBr)sc(Br)c1-c1ccccc1. The van der Waals surface area contributed by atoms with Crippen LogP contribution in [0.3, 0.4) is 0 Å². The average molecular weight is 433 g/mol. The fourth-order valence-corrected chi connectivity index (χ4v) is 3.82. The van der Waals surface area contributed by atoms with Crippen molar-refractivity contribution in [1.29, 1.82) is 0 Å². The normalized spacial score (nSPS) is 10.2. The molecule has 2 rings (SSSR count). The first-order chi connectivity index (χ1) is 10.1. The van der Waals surface area contributed by atoms with Gasteiger partial charge in [0.2, 0.25) is 5.91 Å². The fraction of sp³-hybridized carbons (Fsp3) is 0.143. The molecular formula is C14H11Br2NO3S. The van der Waals surface area contributed by atoms with Gasteiger partial charge in [0.25, 0.3) is 0 Å². The molecule has 4 nitrogen and oxygen atoms in total. The molecule has 0 unspecified atom stereocenters. The highest BCUT2D eigenvalue weighted by molar-refractivity contribution is 9.11. The van der Waals surface area contributed by atoms with Crippen molar-refractivity contribution in [2.24, 2.45) is 0 Å². The Hall–Kier alpha value is -1.18. The van der Waals surface area contributed by atoms with Crippen LogP contribution in [0.15, 0.2) is 34.1 Å². The first-order valence-electron chi connectivity index (χ1n) is 5.90. The largest absolute Gasteiger partial charge is 0.465 e. The molecule has 1 amide bonds. The van der Waals surface area contributed by atoms with Crippen molar-refractivity contribution >= 4 is 60.1 Å². The van der Waals surface area contributed by atoms with Crippen LogP contribution >= 0.6 is 43.2 Å². The minimum Gasteiger partial charge on any atom is -0.465 e. The Bertz CT molecular complexity index is 670. The Morgan fingerprint density at radius 3 is 2.52 bits per heavy atom. The van der Waals surface area contributed by atoms with Crippen LogP contribution in [0.4, 0.5) is 5.00 Å². The molecule has 0 fully saturated rings. The van der Waals surface area contributed by atoms with E-state index in [2.05, 4.69) is 37.2 Å². The molecule has 21 heavy (non-hydrogen) atoms. The number of nitrogens with one attached hydrogen (secondary N) is 1. The molecule has 0 aliphatic rings. The van der Waals surface area contributed by atoms with Crippen molar-refractivity contribution in [3.63, 3.8) is 0 Å². The third-order valence-corrected chi connectivity index (χ3v) is 4.98. The number of amides is 1. The van der Waals surface area contributed by atoms with Gasteiger partial charge >= 0.3 is 5.97 Å². The van der Waals surface area contributed by atoms with Crippen molar-refractivity contribution < 1.29 is 14.3 Å². The smallest absolute Gasteiger partial charge is 0.341 e. The van der Waals surface area contributed by atoms with Gasteiger partial charge in [-0.25, -0.2) is 4.79 Å². The summed E-state index contributed by atoms with van der Waals surface area (Å²) in [7, 11) is 1.32. The molecule has 0 aliphatic heterocycles. The van der Waals surface area contributed by atoms with Gasteiger partial charge < -0.3 is 10.1 Å². The number of hydrogen-bond donors (Lipinski definition) is 1. The summed E-state index contributed by atoms with van der Waals surface area (Å²) in [6.07, 6.45) is 0. The van der Waals surface area contributed by atoms with Crippen LogP contribution in [0.25, 0.3) is 11.1 Å². The predicted octanol–water partition coefficient (Wildman–Crippen LogP) is 4.30. The molecule has 0 atom stereocenters. The van der Waals surface area contributed by atoms with Crippen molar-refractivity contribution in [3.8, 4) is 11.1 Å². The lowest BCUT2D eigenvalue weighted by Crippen LogP contribution is -2.14. The second kappa shape index (κ2) is 7.20. The first kappa shape index (κ1) is 16.2. The van der Waals surface area contributed by atoms with Gasteiger partial charge in [-0.3, -0.25) is 4.79 Å². The van der Waals surface area contributed by atoms with E-state index in [1.807, 2.05) is 30.3 Å². The Morgan fingerprint density at radius 1 is 1.29 bits per heavy atom. The standard InChI is InChI=1S/C14H11Br2NO3S/c1-20-14(19)11-10(8-5-3-2-4-6-8)12(16)21-13(11)17-9(18)7-15/h2-6H,7H2,1H3,(H,17,18). The lowest BCUT2D eigenvalue weighted by molar-refractivity contribution is -0.113. The lowest BCUT2D eigenvalue weighted by Gasteiger charge is -2.07. The zero-order chi connectivity index (χ0) is 15.4. The number of ether oxygens (including phenoxy) is 1. The van der Waals surface area contributed by atoms with Crippen LogP contribution in [0.2, 0.25) is 0 Å². The summed E-state index contributed by atoms with van der Waals surface area (Å²) in [6.45, 7) is 0. The molecule has 0 aliphatic carbocycles. The maximum Gasteiger partial charge on any atom is 0.341 e. The zero-order valence-electron chi connectivity index (χ0n) is 11.0. The predicted molar refractivity (Wildman–Crippen MR) is 91.2 cm³/mol. The summed E-state index contributed by atoms with van der Waals surface area (Å²) in [5.74, 6) is -0.714. The second-order valence-corrected chi connectivity index (χ2v) is 6.89. The molecule has 1 aromatic carbocycles. The average Bonchev–Trinajstić information content (AvgIpc) is 2.83. The maximum absolute atomic E-state index is 12.1. The lowest BCUT2D eigenvalue weighted by atomic mass is 10.0. The van der Waals surface area contributed by atoms with Gasteiger partial charge in [-0.15, -0.1) is 11.3 Å². The number of thiophene rings is 1. The Labute approximate surface area is 142 Å². The quantitative estimate of drug-likeness (QED) is 0.578. The van der Waals surface area contributed by atoms with E-state index in [9.17, 15) is 9.59 Å². The van der Waals surface area contributed by atoms with Gasteiger partial charge in [0.15, 0.2) is 0 Å². The van der Waals surface area contributed by atoms with Crippen LogP contribution in [0.5, 0.6) is 0 Å². The molecule has 1 heterocycles. The molecule has 0 radical (unpaired) electrons. The maximum atomic E-state index is 12.1. The summed E-state index contributed by atoms with van der Waals surface area (Å²) >= 11 is 7.83. The third-order valence-electron chi connectivity index (χ3n) is 2.69. The van der Waals surface area contributed by atoms with Gasteiger partial charge in [0.05, 0.1) is 16.2 Å². The first-order valence-corrected chi connectivity index (χ1v) is 8.63. The summed E-state index contributed by atoms with van der Waals surface area (Å²) in [5.41, 5.74) is 1.95.